The Bertz CT molecular complexity index is 1130. The molecule has 0 aliphatic rings. The van der Waals surface area contributed by atoms with E-state index < -0.39 is 0 Å². The Hall–Kier alpha value is -2.87. The van der Waals surface area contributed by atoms with Crippen molar-refractivity contribution in [3.05, 3.63) is 64.1 Å². The standard InChI is InChI=1S/C18H17N5O2S/c1-12-7-8-14(13(2)11-12)23-17(19-20-21-23)26-10-9-22-15-5-3-4-6-16(15)25-18(22)24/h3-8,11H,9-10H2,1-2H3. The number of benzene rings is 2. The van der Waals surface area contributed by atoms with E-state index in [1.54, 1.807) is 15.3 Å². The Morgan fingerprint density at radius 3 is 2.85 bits per heavy atom. The molecule has 2 aromatic carbocycles. The molecule has 0 aliphatic heterocycles. The van der Waals surface area contributed by atoms with Crippen LogP contribution in [0.4, 0.5) is 0 Å². The maximum atomic E-state index is 12.0. The summed E-state index contributed by atoms with van der Waals surface area (Å²) in [5.74, 6) is 0.301. The second kappa shape index (κ2) is 6.80. The molecule has 0 fully saturated rings. The van der Waals surface area contributed by atoms with Gasteiger partial charge in [-0.3, -0.25) is 4.57 Å². The first-order valence-corrected chi connectivity index (χ1v) is 9.19. The van der Waals surface area contributed by atoms with Crippen LogP contribution in [0.3, 0.4) is 0 Å². The van der Waals surface area contributed by atoms with E-state index in [0.717, 1.165) is 16.8 Å². The topological polar surface area (TPSA) is 78.7 Å². The molecule has 0 bridgehead atoms. The maximum Gasteiger partial charge on any atom is 0.419 e. The van der Waals surface area contributed by atoms with Crippen molar-refractivity contribution in [3.8, 4) is 5.69 Å². The van der Waals surface area contributed by atoms with Crippen molar-refractivity contribution in [1.29, 1.82) is 0 Å². The third-order valence-electron chi connectivity index (χ3n) is 4.14. The fourth-order valence-corrected chi connectivity index (χ4v) is 3.72. The lowest BCUT2D eigenvalue weighted by molar-refractivity contribution is 0.514. The first-order chi connectivity index (χ1) is 12.6. The SMILES string of the molecule is Cc1ccc(-n2nnnc2SCCn2c(=O)oc3ccccc32)c(C)c1. The molecule has 2 aromatic heterocycles. The average Bonchev–Trinajstić information content (AvgIpc) is 3.20. The van der Waals surface area contributed by atoms with Gasteiger partial charge in [-0.15, -0.1) is 5.10 Å². The van der Waals surface area contributed by atoms with E-state index in [9.17, 15) is 4.79 Å². The van der Waals surface area contributed by atoms with Crippen molar-refractivity contribution >= 4 is 22.9 Å². The summed E-state index contributed by atoms with van der Waals surface area (Å²) in [5, 5.41) is 12.7. The molecule has 132 valence electrons. The Balaban J connectivity index is 1.53. The molecule has 0 unspecified atom stereocenters. The monoisotopic (exact) mass is 367 g/mol. The molecular weight excluding hydrogens is 350 g/mol. The summed E-state index contributed by atoms with van der Waals surface area (Å²) in [6.07, 6.45) is 0. The molecule has 0 saturated heterocycles. The molecule has 8 heteroatoms. The van der Waals surface area contributed by atoms with Crippen molar-refractivity contribution in [1.82, 2.24) is 24.8 Å². The zero-order chi connectivity index (χ0) is 18.1. The minimum absolute atomic E-state index is 0.347. The summed E-state index contributed by atoms with van der Waals surface area (Å²) >= 11 is 1.50. The predicted molar refractivity (Wildman–Crippen MR) is 99.8 cm³/mol. The van der Waals surface area contributed by atoms with Gasteiger partial charge in [-0.2, -0.15) is 4.68 Å². The van der Waals surface area contributed by atoms with Crippen molar-refractivity contribution in [2.24, 2.45) is 0 Å². The van der Waals surface area contributed by atoms with Gasteiger partial charge < -0.3 is 4.42 Å². The zero-order valence-corrected chi connectivity index (χ0v) is 15.2. The molecule has 4 aromatic rings. The van der Waals surface area contributed by atoms with Crippen LogP contribution in [0.5, 0.6) is 0 Å². The Morgan fingerprint density at radius 1 is 1.15 bits per heavy atom. The molecular formula is C18H17N5O2S. The second-order valence-corrected chi connectivity index (χ2v) is 7.06. The predicted octanol–water partition coefficient (Wildman–Crippen LogP) is 2.98. The van der Waals surface area contributed by atoms with E-state index in [0.29, 0.717) is 23.0 Å². The molecule has 4 rings (SSSR count). The summed E-state index contributed by atoms with van der Waals surface area (Å²) in [6.45, 7) is 4.61. The fourth-order valence-electron chi connectivity index (χ4n) is 2.92. The highest BCUT2D eigenvalue weighted by atomic mass is 32.2. The van der Waals surface area contributed by atoms with Gasteiger partial charge in [0.2, 0.25) is 5.16 Å². The Labute approximate surface area is 153 Å². The van der Waals surface area contributed by atoms with E-state index in [1.807, 2.05) is 37.3 Å². The summed E-state index contributed by atoms with van der Waals surface area (Å²) < 4.78 is 8.62. The first-order valence-electron chi connectivity index (χ1n) is 8.20. The van der Waals surface area contributed by atoms with Crippen LogP contribution < -0.4 is 5.76 Å². The highest BCUT2D eigenvalue weighted by molar-refractivity contribution is 7.99. The van der Waals surface area contributed by atoms with Crippen LogP contribution in [0, 0.1) is 13.8 Å². The average molecular weight is 367 g/mol. The van der Waals surface area contributed by atoms with Gasteiger partial charge in [0.1, 0.15) is 0 Å². The number of oxazole rings is 1. The molecule has 0 saturated carbocycles. The Kier molecular flexibility index (Phi) is 4.34. The lowest BCUT2D eigenvalue weighted by atomic mass is 10.1. The van der Waals surface area contributed by atoms with Gasteiger partial charge in [-0.1, -0.05) is 41.6 Å². The summed E-state index contributed by atoms with van der Waals surface area (Å²) in [5.41, 5.74) is 4.65. The van der Waals surface area contributed by atoms with Gasteiger partial charge in [-0.05, 0) is 48.0 Å². The molecule has 0 radical (unpaired) electrons. The third-order valence-corrected chi connectivity index (χ3v) is 5.04. The normalized spacial score (nSPS) is 11.3. The molecule has 26 heavy (non-hydrogen) atoms. The van der Waals surface area contributed by atoms with Gasteiger partial charge in [-0.25, -0.2) is 4.79 Å². The first kappa shape index (κ1) is 16.6. The molecule has 2 heterocycles. The summed E-state index contributed by atoms with van der Waals surface area (Å²) in [7, 11) is 0. The highest BCUT2D eigenvalue weighted by Gasteiger charge is 2.13. The quantitative estimate of drug-likeness (QED) is 0.505. The Morgan fingerprint density at radius 2 is 2.00 bits per heavy atom. The number of nitrogens with zero attached hydrogens (tertiary/aromatic N) is 5. The number of fused-ring (bicyclic) bond motifs is 1. The minimum Gasteiger partial charge on any atom is -0.408 e. The van der Waals surface area contributed by atoms with Crippen molar-refractivity contribution in [2.45, 2.75) is 25.5 Å². The van der Waals surface area contributed by atoms with Crippen molar-refractivity contribution in [3.63, 3.8) is 0 Å². The van der Waals surface area contributed by atoms with Crippen LogP contribution in [0.25, 0.3) is 16.8 Å². The second-order valence-electron chi connectivity index (χ2n) is 6.00. The van der Waals surface area contributed by atoms with E-state index in [1.165, 1.54) is 17.3 Å². The molecule has 0 aliphatic carbocycles. The molecule has 0 atom stereocenters. The van der Waals surface area contributed by atoms with Gasteiger partial charge in [0, 0.05) is 12.3 Å². The zero-order valence-electron chi connectivity index (χ0n) is 14.4. The van der Waals surface area contributed by atoms with Crippen molar-refractivity contribution < 1.29 is 4.42 Å². The lowest BCUT2D eigenvalue weighted by Crippen LogP contribution is -2.15. The largest absolute Gasteiger partial charge is 0.419 e. The number of thioether (sulfide) groups is 1. The van der Waals surface area contributed by atoms with Gasteiger partial charge >= 0.3 is 5.76 Å². The molecule has 0 amide bonds. The number of aromatic nitrogens is 5. The van der Waals surface area contributed by atoms with E-state index in [2.05, 4.69) is 28.5 Å². The van der Waals surface area contributed by atoms with Gasteiger partial charge in [0.25, 0.3) is 0 Å². The van der Waals surface area contributed by atoms with Crippen LogP contribution in [0.1, 0.15) is 11.1 Å². The molecule has 0 N–H and O–H groups in total. The van der Waals surface area contributed by atoms with Crippen LogP contribution in [0.2, 0.25) is 0 Å². The third kappa shape index (κ3) is 3.03. The highest BCUT2D eigenvalue weighted by Crippen LogP contribution is 2.22. The van der Waals surface area contributed by atoms with Crippen LogP contribution >= 0.6 is 11.8 Å². The number of tetrazole rings is 1. The molecule has 7 nitrogen and oxygen atoms in total. The van der Waals surface area contributed by atoms with Crippen LogP contribution in [-0.4, -0.2) is 30.5 Å². The van der Waals surface area contributed by atoms with E-state index in [4.69, 9.17) is 4.42 Å². The van der Waals surface area contributed by atoms with E-state index in [-0.39, 0.29) is 5.76 Å². The number of para-hydroxylation sites is 2. The number of aryl methyl sites for hydroxylation is 3. The lowest BCUT2D eigenvalue weighted by Gasteiger charge is -2.08. The molecule has 0 spiro atoms. The summed E-state index contributed by atoms with van der Waals surface area (Å²) in [6, 6.07) is 13.6. The van der Waals surface area contributed by atoms with Crippen LogP contribution in [0.15, 0.2) is 56.8 Å². The van der Waals surface area contributed by atoms with Gasteiger partial charge in [0.15, 0.2) is 5.58 Å². The number of hydrogen-bond acceptors (Lipinski definition) is 6. The minimum atomic E-state index is -0.347. The summed E-state index contributed by atoms with van der Waals surface area (Å²) in [4.78, 5) is 12.0. The fraction of sp³-hybridized carbons (Fsp3) is 0.222. The van der Waals surface area contributed by atoms with Crippen molar-refractivity contribution in [2.75, 3.05) is 5.75 Å². The number of rotatable bonds is 5. The van der Waals surface area contributed by atoms with Gasteiger partial charge in [0.05, 0.1) is 11.2 Å². The van der Waals surface area contributed by atoms with E-state index >= 15 is 0 Å². The smallest absolute Gasteiger partial charge is 0.408 e. The van der Waals surface area contributed by atoms with Crippen LogP contribution in [-0.2, 0) is 6.54 Å². The number of hydrogen-bond donors (Lipinski definition) is 0. The maximum absolute atomic E-state index is 12.0.